The van der Waals surface area contributed by atoms with Gasteiger partial charge in [0.1, 0.15) is 18.1 Å². The first kappa shape index (κ1) is 15.0. The first-order valence-corrected chi connectivity index (χ1v) is 6.10. The third-order valence-electron chi connectivity index (χ3n) is 2.35. The molecule has 0 amide bonds. The van der Waals surface area contributed by atoms with Gasteiger partial charge in [0.15, 0.2) is 5.78 Å². The molecule has 0 unspecified atom stereocenters. The highest BCUT2D eigenvalue weighted by molar-refractivity contribution is 5.84. The van der Waals surface area contributed by atoms with Gasteiger partial charge in [0.2, 0.25) is 0 Å². The van der Waals surface area contributed by atoms with Gasteiger partial charge in [-0.25, -0.2) is 0 Å². The van der Waals surface area contributed by atoms with Crippen molar-refractivity contribution < 1.29 is 23.8 Å². The van der Waals surface area contributed by atoms with E-state index in [4.69, 9.17) is 14.2 Å². The minimum Gasteiger partial charge on any atom is -0.497 e. The number of carbonyl (C=O) groups excluding carboxylic acids is 2. The van der Waals surface area contributed by atoms with Crippen LogP contribution in [0, 0.1) is 0 Å². The maximum absolute atomic E-state index is 11.5. The van der Waals surface area contributed by atoms with E-state index < -0.39 is 0 Å². The summed E-state index contributed by atoms with van der Waals surface area (Å²) >= 11 is 0. The summed E-state index contributed by atoms with van der Waals surface area (Å²) in [7, 11) is 1.56. The van der Waals surface area contributed by atoms with Gasteiger partial charge in [0.05, 0.1) is 20.1 Å². The fraction of sp³-hybridized carbons (Fsp3) is 0.429. The number of carbonyl (C=O) groups is 2. The molecule has 0 bridgehead atoms. The molecule has 0 aliphatic heterocycles. The Morgan fingerprint density at radius 3 is 2.58 bits per heavy atom. The van der Waals surface area contributed by atoms with Crippen LogP contribution in [0.15, 0.2) is 24.3 Å². The second-order valence-electron chi connectivity index (χ2n) is 3.81. The van der Waals surface area contributed by atoms with E-state index in [9.17, 15) is 9.59 Å². The van der Waals surface area contributed by atoms with Crippen molar-refractivity contribution in [3.8, 4) is 11.5 Å². The summed E-state index contributed by atoms with van der Waals surface area (Å²) in [6.07, 6.45) is 0.219. The van der Waals surface area contributed by atoms with Gasteiger partial charge in [0.25, 0.3) is 0 Å². The molecule has 5 nitrogen and oxygen atoms in total. The Balaban J connectivity index is 2.31. The molecule has 0 spiro atoms. The number of benzene rings is 1. The molecule has 1 rings (SSSR count). The predicted octanol–water partition coefficient (Wildman–Crippen LogP) is 1.99. The fourth-order valence-corrected chi connectivity index (χ4v) is 1.40. The first-order chi connectivity index (χ1) is 9.15. The average molecular weight is 266 g/mol. The number of hydrogen-bond acceptors (Lipinski definition) is 5. The summed E-state index contributed by atoms with van der Waals surface area (Å²) in [5.41, 5.74) is 0. The maximum atomic E-state index is 11.5. The van der Waals surface area contributed by atoms with E-state index in [0.29, 0.717) is 18.1 Å². The molecule has 0 fully saturated rings. The van der Waals surface area contributed by atoms with Crippen molar-refractivity contribution in [1.82, 2.24) is 0 Å². The summed E-state index contributed by atoms with van der Waals surface area (Å²) in [5, 5.41) is 0. The van der Waals surface area contributed by atoms with Gasteiger partial charge < -0.3 is 14.2 Å². The molecule has 0 N–H and O–H groups in total. The smallest absolute Gasteiger partial charge is 0.306 e. The largest absolute Gasteiger partial charge is 0.497 e. The van der Waals surface area contributed by atoms with Crippen molar-refractivity contribution in [3.63, 3.8) is 0 Å². The Kier molecular flexibility index (Phi) is 6.43. The molecular formula is C14H18O5. The molecule has 1 aromatic rings. The van der Waals surface area contributed by atoms with Gasteiger partial charge >= 0.3 is 5.97 Å². The van der Waals surface area contributed by atoms with E-state index in [0.717, 1.165) is 0 Å². The first-order valence-electron chi connectivity index (χ1n) is 6.10. The number of methoxy groups -OCH3 is 1. The molecule has 19 heavy (non-hydrogen) atoms. The molecule has 0 aromatic heterocycles. The molecule has 0 aliphatic carbocycles. The predicted molar refractivity (Wildman–Crippen MR) is 69.4 cm³/mol. The van der Waals surface area contributed by atoms with Crippen molar-refractivity contribution in [2.24, 2.45) is 0 Å². The highest BCUT2D eigenvalue weighted by Gasteiger charge is 2.08. The number of rotatable bonds is 8. The Morgan fingerprint density at radius 1 is 1.16 bits per heavy atom. The molecule has 0 radical (unpaired) electrons. The van der Waals surface area contributed by atoms with Crippen LogP contribution in [0.5, 0.6) is 11.5 Å². The Labute approximate surface area is 112 Å². The number of Topliss-reactive ketones (excluding diaryl/α,β-unsaturated/α-hetero) is 1. The van der Waals surface area contributed by atoms with E-state index in [-0.39, 0.29) is 31.2 Å². The van der Waals surface area contributed by atoms with Crippen LogP contribution < -0.4 is 9.47 Å². The van der Waals surface area contributed by atoms with Crippen LogP contribution in [0.25, 0.3) is 0 Å². The minimum atomic E-state index is -0.364. The molecule has 0 atom stereocenters. The number of esters is 1. The topological polar surface area (TPSA) is 61.8 Å². The fourth-order valence-electron chi connectivity index (χ4n) is 1.40. The van der Waals surface area contributed by atoms with E-state index in [1.165, 1.54) is 0 Å². The van der Waals surface area contributed by atoms with Crippen molar-refractivity contribution in [2.45, 2.75) is 19.8 Å². The lowest BCUT2D eigenvalue weighted by Crippen LogP contribution is -2.14. The van der Waals surface area contributed by atoms with Crippen LogP contribution in [0.2, 0.25) is 0 Å². The second kappa shape index (κ2) is 8.13. The third-order valence-corrected chi connectivity index (χ3v) is 2.35. The summed E-state index contributed by atoms with van der Waals surface area (Å²) in [6.45, 7) is 1.99. The molecular weight excluding hydrogens is 248 g/mol. The van der Waals surface area contributed by atoms with E-state index in [1.54, 1.807) is 38.3 Å². The lowest BCUT2D eigenvalue weighted by Gasteiger charge is -2.07. The van der Waals surface area contributed by atoms with Gasteiger partial charge in [0, 0.05) is 12.5 Å². The molecule has 0 heterocycles. The quantitative estimate of drug-likeness (QED) is 0.673. The third kappa shape index (κ3) is 5.90. The number of ketones is 1. The maximum Gasteiger partial charge on any atom is 0.306 e. The summed E-state index contributed by atoms with van der Waals surface area (Å²) in [5.74, 6) is 0.716. The Morgan fingerprint density at radius 2 is 1.89 bits per heavy atom. The average Bonchev–Trinajstić information content (AvgIpc) is 2.43. The van der Waals surface area contributed by atoms with E-state index in [2.05, 4.69) is 0 Å². The summed E-state index contributed by atoms with van der Waals surface area (Å²) in [6, 6.07) is 6.99. The SMILES string of the molecule is CCOC(=O)CCC(=O)COc1cccc(OC)c1. The standard InChI is InChI=1S/C14H18O5/c1-3-18-14(16)8-7-11(15)10-19-13-6-4-5-12(9-13)17-2/h4-6,9H,3,7-8,10H2,1-2H3. The molecule has 0 aliphatic rings. The van der Waals surface area contributed by atoms with Crippen LogP contribution in [0.4, 0.5) is 0 Å². The molecule has 1 aromatic carbocycles. The van der Waals surface area contributed by atoms with Gasteiger partial charge in [-0.3, -0.25) is 9.59 Å². The lowest BCUT2D eigenvalue weighted by molar-refractivity contribution is -0.144. The van der Waals surface area contributed by atoms with Crippen LogP contribution in [-0.2, 0) is 14.3 Å². The van der Waals surface area contributed by atoms with Crippen LogP contribution in [0.3, 0.4) is 0 Å². The summed E-state index contributed by atoms with van der Waals surface area (Å²) in [4.78, 5) is 22.6. The highest BCUT2D eigenvalue weighted by Crippen LogP contribution is 2.18. The lowest BCUT2D eigenvalue weighted by atomic mass is 10.2. The molecule has 0 saturated carbocycles. The van der Waals surface area contributed by atoms with Gasteiger partial charge in [-0.1, -0.05) is 6.07 Å². The molecule has 104 valence electrons. The zero-order chi connectivity index (χ0) is 14.1. The zero-order valence-corrected chi connectivity index (χ0v) is 11.2. The van der Waals surface area contributed by atoms with Crippen LogP contribution in [-0.4, -0.2) is 32.1 Å². The number of hydrogen-bond donors (Lipinski definition) is 0. The monoisotopic (exact) mass is 266 g/mol. The van der Waals surface area contributed by atoms with Crippen molar-refractivity contribution in [3.05, 3.63) is 24.3 Å². The zero-order valence-electron chi connectivity index (χ0n) is 11.2. The van der Waals surface area contributed by atoms with Gasteiger partial charge in [-0.05, 0) is 19.1 Å². The Bertz CT molecular complexity index is 428. The normalized spacial score (nSPS) is 9.79. The summed E-state index contributed by atoms with van der Waals surface area (Å²) < 4.78 is 15.1. The van der Waals surface area contributed by atoms with Crippen LogP contribution >= 0.6 is 0 Å². The molecule has 0 saturated heterocycles. The van der Waals surface area contributed by atoms with Crippen molar-refractivity contribution in [1.29, 1.82) is 0 Å². The molecule has 5 heteroatoms. The van der Waals surface area contributed by atoms with E-state index in [1.807, 2.05) is 0 Å². The van der Waals surface area contributed by atoms with Crippen LogP contribution in [0.1, 0.15) is 19.8 Å². The number of ether oxygens (including phenoxy) is 3. The minimum absolute atomic E-state index is 0.0629. The van der Waals surface area contributed by atoms with Gasteiger partial charge in [-0.15, -0.1) is 0 Å². The van der Waals surface area contributed by atoms with Crippen molar-refractivity contribution >= 4 is 11.8 Å². The second-order valence-corrected chi connectivity index (χ2v) is 3.81. The van der Waals surface area contributed by atoms with Gasteiger partial charge in [-0.2, -0.15) is 0 Å². The highest BCUT2D eigenvalue weighted by atomic mass is 16.5. The van der Waals surface area contributed by atoms with Crippen molar-refractivity contribution in [2.75, 3.05) is 20.3 Å². The Hall–Kier alpha value is -2.04. The van der Waals surface area contributed by atoms with E-state index >= 15 is 0 Å².